The molecule has 2 aromatic carbocycles. The number of anilines is 1. The minimum absolute atomic E-state index is 0.00131. The monoisotopic (exact) mass is 642 g/mol. The van der Waals surface area contributed by atoms with E-state index in [0.717, 1.165) is 17.0 Å². The zero-order valence-corrected chi connectivity index (χ0v) is 23.6. The van der Waals surface area contributed by atoms with Crippen LogP contribution in [0.2, 0.25) is 15.1 Å². The van der Waals surface area contributed by atoms with Crippen LogP contribution < -0.4 is 4.90 Å². The highest BCUT2D eigenvalue weighted by Crippen LogP contribution is 2.50. The van der Waals surface area contributed by atoms with Gasteiger partial charge in [0, 0.05) is 27.6 Å². The number of hydrogen-bond acceptors (Lipinski definition) is 5. The SMILES string of the molecule is CC(C)(C)OC(=O)N(CC(=O)CBr)c1cc(C2=NOC(c3cc(Cl)cc(Cl)c3)(C(F)(F)F)C2)ccc1Cl. The van der Waals surface area contributed by atoms with E-state index in [1.165, 1.54) is 24.3 Å². The van der Waals surface area contributed by atoms with Gasteiger partial charge in [0.15, 0.2) is 5.78 Å². The van der Waals surface area contributed by atoms with Gasteiger partial charge in [0.1, 0.15) is 5.60 Å². The zero-order chi connectivity index (χ0) is 27.8. The number of nitrogens with zero attached hydrogens (tertiary/aromatic N) is 2. The van der Waals surface area contributed by atoms with Gasteiger partial charge in [-0.3, -0.25) is 9.69 Å². The van der Waals surface area contributed by atoms with Gasteiger partial charge in [0.05, 0.1) is 28.3 Å². The third-order valence-corrected chi connectivity index (χ3v) is 6.56. The van der Waals surface area contributed by atoms with E-state index in [1.807, 2.05) is 0 Å². The number of benzene rings is 2. The minimum Gasteiger partial charge on any atom is -0.443 e. The second-order valence-electron chi connectivity index (χ2n) is 9.19. The van der Waals surface area contributed by atoms with Crippen LogP contribution in [0.1, 0.15) is 38.3 Å². The van der Waals surface area contributed by atoms with Crippen molar-refractivity contribution in [2.45, 2.75) is 44.6 Å². The summed E-state index contributed by atoms with van der Waals surface area (Å²) in [5.74, 6) is -0.359. The van der Waals surface area contributed by atoms with Gasteiger partial charge in [-0.25, -0.2) is 4.79 Å². The summed E-state index contributed by atoms with van der Waals surface area (Å²) in [6.45, 7) is 4.56. The highest BCUT2D eigenvalue weighted by molar-refractivity contribution is 9.09. The van der Waals surface area contributed by atoms with Crippen molar-refractivity contribution < 1.29 is 32.3 Å². The molecule has 0 N–H and O–H groups in total. The third-order valence-electron chi connectivity index (χ3n) is 5.18. The van der Waals surface area contributed by atoms with Gasteiger partial charge in [-0.2, -0.15) is 13.2 Å². The molecule has 1 amide bonds. The average molecular weight is 645 g/mol. The third kappa shape index (κ3) is 6.71. The molecular weight excluding hydrogens is 624 g/mol. The Morgan fingerprint density at radius 2 is 1.73 bits per heavy atom. The summed E-state index contributed by atoms with van der Waals surface area (Å²) in [4.78, 5) is 31.2. The van der Waals surface area contributed by atoms with Crippen LogP contribution in [0, 0.1) is 0 Å². The topological polar surface area (TPSA) is 68.2 Å². The quantitative estimate of drug-likeness (QED) is 0.300. The molecule has 0 fully saturated rings. The molecule has 6 nitrogen and oxygen atoms in total. The number of halogens is 7. The Labute approximate surface area is 234 Å². The fourth-order valence-corrected chi connectivity index (χ4v) is 4.45. The Morgan fingerprint density at radius 1 is 1.11 bits per heavy atom. The summed E-state index contributed by atoms with van der Waals surface area (Å²) >= 11 is 21.3. The van der Waals surface area contributed by atoms with Crippen molar-refractivity contribution in [3.8, 4) is 0 Å². The maximum atomic E-state index is 14.4. The van der Waals surface area contributed by atoms with Crippen LogP contribution in [0.5, 0.6) is 0 Å². The Morgan fingerprint density at radius 3 is 2.27 bits per heavy atom. The second-order valence-corrected chi connectivity index (χ2v) is 11.0. The molecule has 0 radical (unpaired) electrons. The number of Topliss-reactive ketones (excluding diaryl/α,β-unsaturated/α-hetero) is 1. The first-order chi connectivity index (χ1) is 17.1. The number of ketones is 1. The van der Waals surface area contributed by atoms with E-state index < -0.39 is 29.9 Å². The summed E-state index contributed by atoms with van der Waals surface area (Å²) in [5, 5.41) is 3.76. The molecular formula is C24H21BrCl3F3N2O4. The maximum Gasteiger partial charge on any atom is 0.435 e. The van der Waals surface area contributed by atoms with E-state index in [-0.39, 0.29) is 55.3 Å². The molecule has 1 aliphatic rings. The number of rotatable bonds is 6. The van der Waals surface area contributed by atoms with Gasteiger partial charge >= 0.3 is 12.3 Å². The molecule has 0 spiro atoms. The lowest BCUT2D eigenvalue weighted by atomic mass is 9.86. The van der Waals surface area contributed by atoms with Crippen LogP contribution in [-0.2, 0) is 20.0 Å². The van der Waals surface area contributed by atoms with Crippen molar-refractivity contribution in [1.29, 1.82) is 0 Å². The van der Waals surface area contributed by atoms with Gasteiger partial charge < -0.3 is 9.57 Å². The normalized spacial score (nSPS) is 17.7. The number of ether oxygens (including phenoxy) is 1. The second kappa shape index (κ2) is 11.0. The number of carbonyl (C=O) groups excluding carboxylic acids is 2. The van der Waals surface area contributed by atoms with Crippen LogP contribution in [-0.4, -0.2) is 41.2 Å². The van der Waals surface area contributed by atoms with E-state index >= 15 is 0 Å². The number of carbonyl (C=O) groups is 2. The lowest BCUT2D eigenvalue weighted by molar-refractivity contribution is -0.275. The first-order valence-electron chi connectivity index (χ1n) is 10.7. The molecule has 1 atom stereocenters. The standard InChI is InChI=1S/C24H21BrCl3F3N2O4/c1-22(2,3)36-21(35)33(12-17(34)11-25)20-6-13(4-5-18(20)28)19-10-23(37-32-19,24(29,30)31)14-7-15(26)9-16(27)8-14/h4-9H,10-12H2,1-3H3. The van der Waals surface area contributed by atoms with Crippen molar-refractivity contribution >= 4 is 74.0 Å². The van der Waals surface area contributed by atoms with Gasteiger partial charge in [0.2, 0.25) is 0 Å². The van der Waals surface area contributed by atoms with E-state index in [2.05, 4.69) is 21.1 Å². The summed E-state index contributed by atoms with van der Waals surface area (Å²) < 4.78 is 48.5. The van der Waals surface area contributed by atoms with Gasteiger partial charge in [-0.1, -0.05) is 62.0 Å². The number of amides is 1. The first kappa shape index (κ1) is 29.5. The summed E-state index contributed by atoms with van der Waals surface area (Å²) in [6.07, 6.45) is -6.45. The van der Waals surface area contributed by atoms with Gasteiger partial charge in [-0.15, -0.1) is 0 Å². The first-order valence-corrected chi connectivity index (χ1v) is 13.0. The summed E-state index contributed by atoms with van der Waals surface area (Å²) in [6, 6.07) is 7.71. The molecule has 1 unspecified atom stereocenters. The fourth-order valence-electron chi connectivity index (χ4n) is 3.53. The fraction of sp³-hybridized carbons (Fsp3) is 0.375. The van der Waals surface area contributed by atoms with E-state index in [4.69, 9.17) is 44.4 Å². The molecule has 13 heteroatoms. The molecule has 0 saturated heterocycles. The smallest absolute Gasteiger partial charge is 0.435 e. The van der Waals surface area contributed by atoms with Crippen LogP contribution in [0.3, 0.4) is 0 Å². The molecule has 1 aliphatic heterocycles. The van der Waals surface area contributed by atoms with E-state index in [0.29, 0.717) is 0 Å². The van der Waals surface area contributed by atoms with E-state index in [9.17, 15) is 22.8 Å². The number of oxime groups is 1. The summed E-state index contributed by atoms with van der Waals surface area (Å²) in [7, 11) is 0. The lowest BCUT2D eigenvalue weighted by Crippen LogP contribution is -2.42. The van der Waals surface area contributed by atoms with Gasteiger partial charge in [0.25, 0.3) is 5.60 Å². The van der Waals surface area contributed by atoms with Crippen LogP contribution in [0.4, 0.5) is 23.7 Å². The van der Waals surface area contributed by atoms with Crippen molar-refractivity contribution in [2.24, 2.45) is 5.16 Å². The molecule has 0 bridgehead atoms. The molecule has 0 aliphatic carbocycles. The predicted octanol–water partition coefficient (Wildman–Crippen LogP) is 7.93. The molecule has 37 heavy (non-hydrogen) atoms. The van der Waals surface area contributed by atoms with Crippen molar-refractivity contribution in [1.82, 2.24) is 0 Å². The maximum absolute atomic E-state index is 14.4. The van der Waals surface area contributed by atoms with Crippen LogP contribution in [0.15, 0.2) is 41.6 Å². The Hall–Kier alpha value is -2.01. The average Bonchev–Trinajstić information content (AvgIpc) is 3.23. The van der Waals surface area contributed by atoms with Crippen molar-refractivity contribution in [3.05, 3.63) is 62.6 Å². The van der Waals surface area contributed by atoms with Crippen molar-refractivity contribution in [2.75, 3.05) is 16.8 Å². The van der Waals surface area contributed by atoms with Crippen LogP contribution >= 0.6 is 50.7 Å². The van der Waals surface area contributed by atoms with Gasteiger partial charge in [-0.05, 0) is 51.1 Å². The molecule has 200 valence electrons. The zero-order valence-electron chi connectivity index (χ0n) is 19.8. The number of alkyl halides is 4. The number of hydrogen-bond donors (Lipinski definition) is 0. The van der Waals surface area contributed by atoms with Crippen LogP contribution in [0.25, 0.3) is 0 Å². The largest absolute Gasteiger partial charge is 0.443 e. The van der Waals surface area contributed by atoms with E-state index in [1.54, 1.807) is 20.8 Å². The predicted molar refractivity (Wildman–Crippen MR) is 140 cm³/mol. The Kier molecular flexibility index (Phi) is 8.78. The molecule has 2 aromatic rings. The molecule has 0 aromatic heterocycles. The van der Waals surface area contributed by atoms with Crippen molar-refractivity contribution in [3.63, 3.8) is 0 Å². The molecule has 3 rings (SSSR count). The summed E-state index contributed by atoms with van der Waals surface area (Å²) in [5.41, 5.74) is -3.86. The molecule has 0 saturated carbocycles. The Balaban J connectivity index is 2.03. The Bertz CT molecular complexity index is 1230. The lowest BCUT2D eigenvalue weighted by Gasteiger charge is -2.30. The molecule has 1 heterocycles. The minimum atomic E-state index is -4.88. The highest BCUT2D eigenvalue weighted by Gasteiger charge is 2.62. The highest BCUT2D eigenvalue weighted by atomic mass is 79.9.